The third kappa shape index (κ3) is 3.82. The van der Waals surface area contributed by atoms with Gasteiger partial charge in [0.15, 0.2) is 0 Å². The molecule has 0 spiro atoms. The molecule has 0 fully saturated rings. The largest absolute Gasteiger partial charge is 0.492 e. The van der Waals surface area contributed by atoms with Crippen LogP contribution in [0.1, 0.15) is 15.9 Å². The van der Waals surface area contributed by atoms with Crippen molar-refractivity contribution in [3.63, 3.8) is 0 Å². The van der Waals surface area contributed by atoms with E-state index in [0.29, 0.717) is 17.9 Å². The topological polar surface area (TPSA) is 64.3 Å². The molecule has 5 heteroatoms. The molecule has 0 aliphatic carbocycles. The fraction of sp³-hybridized carbons (Fsp3) is 0.133. The number of hydrogen-bond acceptors (Lipinski definition) is 3. The van der Waals surface area contributed by atoms with Gasteiger partial charge in [-0.2, -0.15) is 0 Å². The lowest BCUT2D eigenvalue weighted by atomic mass is 10.2. The van der Waals surface area contributed by atoms with E-state index in [1.807, 2.05) is 18.2 Å². The lowest BCUT2D eigenvalue weighted by Gasteiger charge is -2.09. The Morgan fingerprint density at radius 2 is 1.95 bits per heavy atom. The predicted octanol–water partition coefficient (Wildman–Crippen LogP) is 2.67. The van der Waals surface area contributed by atoms with Gasteiger partial charge < -0.3 is 4.74 Å². The number of benzene rings is 2. The molecule has 0 heterocycles. The normalized spacial score (nSPS) is 10.1. The van der Waals surface area contributed by atoms with Crippen molar-refractivity contribution in [1.82, 2.24) is 5.43 Å². The third-order valence-electron chi connectivity index (χ3n) is 2.82. The van der Waals surface area contributed by atoms with Crippen molar-refractivity contribution in [1.29, 1.82) is 0 Å². The zero-order valence-electron chi connectivity index (χ0n) is 10.8. The molecule has 0 atom stereocenters. The standard InChI is InChI=1S/C15H15BrN2O2/c16-13-10-12(15(19)18-17)6-7-14(13)20-9-8-11-4-2-1-3-5-11/h1-7,10H,8-9,17H2,(H,18,19). The van der Waals surface area contributed by atoms with Gasteiger partial charge in [-0.1, -0.05) is 30.3 Å². The number of hydrazine groups is 1. The molecule has 2 aromatic rings. The second kappa shape index (κ2) is 7.07. The molecule has 0 saturated heterocycles. The van der Waals surface area contributed by atoms with Gasteiger partial charge in [0, 0.05) is 12.0 Å². The van der Waals surface area contributed by atoms with E-state index in [0.717, 1.165) is 10.9 Å². The van der Waals surface area contributed by atoms with Crippen LogP contribution in [-0.2, 0) is 6.42 Å². The van der Waals surface area contributed by atoms with Gasteiger partial charge in [0.25, 0.3) is 5.91 Å². The smallest absolute Gasteiger partial charge is 0.265 e. The minimum absolute atomic E-state index is 0.332. The Hall–Kier alpha value is -1.85. The summed E-state index contributed by atoms with van der Waals surface area (Å²) in [4.78, 5) is 11.4. The summed E-state index contributed by atoms with van der Waals surface area (Å²) in [6.07, 6.45) is 0.832. The van der Waals surface area contributed by atoms with Gasteiger partial charge >= 0.3 is 0 Å². The second-order valence-electron chi connectivity index (χ2n) is 4.20. The van der Waals surface area contributed by atoms with Crippen LogP contribution in [0, 0.1) is 0 Å². The maximum absolute atomic E-state index is 11.4. The van der Waals surface area contributed by atoms with Crippen LogP contribution in [0.5, 0.6) is 5.75 Å². The Morgan fingerprint density at radius 1 is 1.20 bits per heavy atom. The summed E-state index contributed by atoms with van der Waals surface area (Å²) >= 11 is 3.39. The van der Waals surface area contributed by atoms with Crippen molar-refractivity contribution < 1.29 is 9.53 Å². The number of amides is 1. The average molecular weight is 335 g/mol. The molecule has 3 N–H and O–H groups in total. The van der Waals surface area contributed by atoms with E-state index in [2.05, 4.69) is 33.5 Å². The van der Waals surface area contributed by atoms with Crippen molar-refractivity contribution in [3.05, 3.63) is 64.1 Å². The molecule has 0 saturated carbocycles. The Labute approximate surface area is 126 Å². The van der Waals surface area contributed by atoms with Gasteiger partial charge in [0.2, 0.25) is 0 Å². The fourth-order valence-electron chi connectivity index (χ4n) is 1.77. The van der Waals surface area contributed by atoms with Crippen LogP contribution in [0.4, 0.5) is 0 Å². The first kappa shape index (κ1) is 14.6. The van der Waals surface area contributed by atoms with E-state index >= 15 is 0 Å². The maximum atomic E-state index is 11.4. The molecule has 1 amide bonds. The van der Waals surface area contributed by atoms with Gasteiger partial charge in [-0.25, -0.2) is 5.84 Å². The van der Waals surface area contributed by atoms with Crippen molar-refractivity contribution >= 4 is 21.8 Å². The van der Waals surface area contributed by atoms with Gasteiger partial charge in [0.05, 0.1) is 11.1 Å². The number of nitrogen functional groups attached to an aromatic ring is 1. The molecule has 20 heavy (non-hydrogen) atoms. The Morgan fingerprint density at radius 3 is 2.60 bits per heavy atom. The zero-order valence-corrected chi connectivity index (χ0v) is 12.4. The number of nitrogens with two attached hydrogens (primary N) is 1. The molecule has 4 nitrogen and oxygen atoms in total. The summed E-state index contributed by atoms with van der Waals surface area (Å²) in [6, 6.07) is 15.2. The van der Waals surface area contributed by atoms with Gasteiger partial charge in [-0.05, 0) is 39.7 Å². The van der Waals surface area contributed by atoms with Crippen LogP contribution < -0.4 is 16.0 Å². The van der Waals surface area contributed by atoms with Crippen LogP contribution in [0.15, 0.2) is 53.0 Å². The zero-order chi connectivity index (χ0) is 14.4. The molecule has 0 aliphatic rings. The van der Waals surface area contributed by atoms with E-state index in [-0.39, 0.29) is 5.91 Å². The van der Waals surface area contributed by atoms with Crippen LogP contribution in [0.25, 0.3) is 0 Å². The molecular formula is C15H15BrN2O2. The SMILES string of the molecule is NNC(=O)c1ccc(OCCc2ccccc2)c(Br)c1. The predicted molar refractivity (Wildman–Crippen MR) is 81.4 cm³/mol. The minimum Gasteiger partial charge on any atom is -0.492 e. The molecule has 0 aliphatic heterocycles. The van der Waals surface area contributed by atoms with Gasteiger partial charge in [-0.15, -0.1) is 0 Å². The molecule has 104 valence electrons. The molecule has 0 aromatic heterocycles. The summed E-state index contributed by atoms with van der Waals surface area (Å²) in [5, 5.41) is 0. The summed E-state index contributed by atoms with van der Waals surface area (Å²) in [5.41, 5.74) is 3.80. The molecule has 0 unspecified atom stereocenters. The second-order valence-corrected chi connectivity index (χ2v) is 5.06. The first-order valence-electron chi connectivity index (χ1n) is 6.18. The van der Waals surface area contributed by atoms with Crippen molar-refractivity contribution in [2.24, 2.45) is 5.84 Å². The van der Waals surface area contributed by atoms with Crippen LogP contribution in [0.2, 0.25) is 0 Å². The Balaban J connectivity index is 1.95. The molecule has 2 aromatic carbocycles. The number of carbonyl (C=O) groups excluding carboxylic acids is 1. The van der Waals surface area contributed by atoms with Gasteiger partial charge in [0.1, 0.15) is 5.75 Å². The van der Waals surface area contributed by atoms with Gasteiger partial charge in [-0.3, -0.25) is 10.2 Å². The summed E-state index contributed by atoms with van der Waals surface area (Å²) in [7, 11) is 0. The summed E-state index contributed by atoms with van der Waals surface area (Å²) in [6.45, 7) is 0.574. The van der Waals surface area contributed by atoms with Crippen LogP contribution >= 0.6 is 15.9 Å². The molecule has 0 bridgehead atoms. The van der Waals surface area contributed by atoms with E-state index in [9.17, 15) is 4.79 Å². The summed E-state index contributed by atoms with van der Waals surface area (Å²) < 4.78 is 6.43. The Kier molecular flexibility index (Phi) is 5.15. The van der Waals surface area contributed by atoms with Crippen molar-refractivity contribution in [2.75, 3.05) is 6.61 Å². The number of ether oxygens (including phenoxy) is 1. The fourth-order valence-corrected chi connectivity index (χ4v) is 2.26. The lowest BCUT2D eigenvalue weighted by Crippen LogP contribution is -2.29. The number of carbonyl (C=O) groups is 1. The average Bonchev–Trinajstić information content (AvgIpc) is 2.49. The number of hydrogen-bond donors (Lipinski definition) is 2. The van der Waals surface area contributed by atoms with E-state index in [1.165, 1.54) is 5.56 Å². The molecule has 2 rings (SSSR count). The highest BCUT2D eigenvalue weighted by Crippen LogP contribution is 2.26. The molecular weight excluding hydrogens is 320 g/mol. The third-order valence-corrected chi connectivity index (χ3v) is 3.44. The highest BCUT2D eigenvalue weighted by atomic mass is 79.9. The molecule has 0 radical (unpaired) electrons. The minimum atomic E-state index is -0.332. The summed E-state index contributed by atoms with van der Waals surface area (Å²) in [5.74, 6) is 5.46. The van der Waals surface area contributed by atoms with Crippen molar-refractivity contribution in [2.45, 2.75) is 6.42 Å². The van der Waals surface area contributed by atoms with Crippen LogP contribution in [0.3, 0.4) is 0 Å². The number of halogens is 1. The van der Waals surface area contributed by atoms with E-state index in [1.54, 1.807) is 18.2 Å². The monoisotopic (exact) mass is 334 g/mol. The lowest BCUT2D eigenvalue weighted by molar-refractivity contribution is 0.0953. The quantitative estimate of drug-likeness (QED) is 0.502. The maximum Gasteiger partial charge on any atom is 0.265 e. The Bertz CT molecular complexity index is 588. The first-order valence-corrected chi connectivity index (χ1v) is 6.97. The number of rotatable bonds is 5. The highest BCUT2D eigenvalue weighted by Gasteiger charge is 2.07. The van der Waals surface area contributed by atoms with E-state index in [4.69, 9.17) is 10.6 Å². The number of nitrogens with one attached hydrogen (secondary N) is 1. The van der Waals surface area contributed by atoms with E-state index < -0.39 is 0 Å². The van der Waals surface area contributed by atoms with Crippen LogP contribution in [-0.4, -0.2) is 12.5 Å². The van der Waals surface area contributed by atoms with Crippen molar-refractivity contribution in [3.8, 4) is 5.75 Å². The highest BCUT2D eigenvalue weighted by molar-refractivity contribution is 9.10. The first-order chi connectivity index (χ1) is 9.70.